The number of benzene rings is 1. The summed E-state index contributed by atoms with van der Waals surface area (Å²) in [5.74, 6) is 2.17. The number of aryl methyl sites for hydroxylation is 2. The Balaban J connectivity index is 1.54. The number of para-hydroxylation sites is 2. The lowest BCUT2D eigenvalue weighted by atomic mass is 10.3. The van der Waals surface area contributed by atoms with E-state index >= 15 is 0 Å². The van der Waals surface area contributed by atoms with Crippen LogP contribution < -0.4 is 5.32 Å². The summed E-state index contributed by atoms with van der Waals surface area (Å²) < 4.78 is 2.22. The Hall–Kier alpha value is -1.35. The average Bonchev–Trinajstić information content (AvgIpc) is 3.16. The fraction of sp³-hybridized carbons (Fsp3) is 0.533. The summed E-state index contributed by atoms with van der Waals surface area (Å²) in [5, 5.41) is 3.53. The molecule has 1 aliphatic carbocycles. The lowest BCUT2D eigenvalue weighted by molar-refractivity contribution is 0.602. The van der Waals surface area contributed by atoms with Crippen LogP contribution in [0.3, 0.4) is 0 Å². The summed E-state index contributed by atoms with van der Waals surface area (Å²) in [4.78, 5) is 4.69. The zero-order valence-corrected chi connectivity index (χ0v) is 11.0. The highest BCUT2D eigenvalue weighted by Gasteiger charge is 2.19. The summed E-state index contributed by atoms with van der Waals surface area (Å²) in [6, 6.07) is 8.35. The van der Waals surface area contributed by atoms with Crippen LogP contribution in [0, 0.1) is 5.92 Å². The van der Waals surface area contributed by atoms with Gasteiger partial charge in [0.2, 0.25) is 0 Å². The van der Waals surface area contributed by atoms with E-state index in [1.165, 1.54) is 37.1 Å². The Morgan fingerprint density at radius 1 is 1.33 bits per heavy atom. The van der Waals surface area contributed by atoms with Gasteiger partial charge in [-0.3, -0.25) is 0 Å². The molecule has 1 aliphatic rings. The van der Waals surface area contributed by atoms with Crippen molar-refractivity contribution in [3.8, 4) is 0 Å². The predicted octanol–water partition coefficient (Wildman–Crippen LogP) is 2.51. The molecular weight excluding hydrogens is 222 g/mol. The third-order valence-corrected chi connectivity index (χ3v) is 3.76. The van der Waals surface area contributed by atoms with E-state index < -0.39 is 0 Å². The van der Waals surface area contributed by atoms with Gasteiger partial charge in [-0.1, -0.05) is 12.1 Å². The Bertz CT molecular complexity index is 526. The van der Waals surface area contributed by atoms with Crippen molar-refractivity contribution in [3.63, 3.8) is 0 Å². The Kier molecular flexibility index (Phi) is 3.33. The minimum Gasteiger partial charge on any atom is -0.331 e. The molecule has 0 unspecified atom stereocenters. The molecule has 3 nitrogen and oxygen atoms in total. The zero-order chi connectivity index (χ0) is 12.4. The molecule has 1 heterocycles. The highest BCUT2D eigenvalue weighted by molar-refractivity contribution is 5.75. The largest absolute Gasteiger partial charge is 0.331 e. The maximum Gasteiger partial charge on any atom is 0.109 e. The second-order valence-corrected chi connectivity index (χ2v) is 5.33. The molecule has 1 fully saturated rings. The van der Waals surface area contributed by atoms with E-state index in [1.54, 1.807) is 0 Å². The Labute approximate surface area is 108 Å². The standard InChI is InChI=1S/C15H21N3/c1-18-14-6-3-2-5-13(14)17-15(18)7-4-10-16-11-12-8-9-12/h2-3,5-6,12,16H,4,7-11H2,1H3. The van der Waals surface area contributed by atoms with Crippen molar-refractivity contribution in [1.82, 2.24) is 14.9 Å². The normalized spacial score (nSPS) is 15.4. The van der Waals surface area contributed by atoms with Crippen molar-refractivity contribution in [3.05, 3.63) is 30.1 Å². The summed E-state index contributed by atoms with van der Waals surface area (Å²) in [6.07, 6.45) is 5.09. The zero-order valence-electron chi connectivity index (χ0n) is 11.0. The molecule has 0 amide bonds. The quantitative estimate of drug-likeness (QED) is 0.790. The molecule has 0 aliphatic heterocycles. The van der Waals surface area contributed by atoms with Crippen molar-refractivity contribution in [1.29, 1.82) is 0 Å². The van der Waals surface area contributed by atoms with Gasteiger partial charge in [0, 0.05) is 13.5 Å². The van der Waals surface area contributed by atoms with Crippen molar-refractivity contribution in [2.75, 3.05) is 13.1 Å². The van der Waals surface area contributed by atoms with E-state index in [0.717, 1.165) is 24.4 Å². The van der Waals surface area contributed by atoms with Crippen LogP contribution in [0.2, 0.25) is 0 Å². The van der Waals surface area contributed by atoms with Gasteiger partial charge < -0.3 is 9.88 Å². The second kappa shape index (κ2) is 5.11. The molecule has 3 rings (SSSR count). The van der Waals surface area contributed by atoms with Crippen LogP contribution in [0.25, 0.3) is 11.0 Å². The number of imidazole rings is 1. The van der Waals surface area contributed by atoms with Gasteiger partial charge in [-0.25, -0.2) is 4.98 Å². The minimum absolute atomic E-state index is 0.973. The van der Waals surface area contributed by atoms with Gasteiger partial charge >= 0.3 is 0 Å². The van der Waals surface area contributed by atoms with Crippen LogP contribution in [0.1, 0.15) is 25.1 Å². The number of rotatable bonds is 6. The Morgan fingerprint density at radius 2 is 2.17 bits per heavy atom. The first-order chi connectivity index (χ1) is 8.84. The van der Waals surface area contributed by atoms with Crippen molar-refractivity contribution in [2.24, 2.45) is 13.0 Å². The molecule has 0 bridgehead atoms. The van der Waals surface area contributed by atoms with Gasteiger partial charge in [-0.15, -0.1) is 0 Å². The molecule has 96 valence electrons. The van der Waals surface area contributed by atoms with Crippen LogP contribution >= 0.6 is 0 Å². The van der Waals surface area contributed by atoms with E-state index in [4.69, 9.17) is 4.98 Å². The van der Waals surface area contributed by atoms with Gasteiger partial charge in [0.1, 0.15) is 5.82 Å². The van der Waals surface area contributed by atoms with Crippen LogP contribution in [0.15, 0.2) is 24.3 Å². The summed E-state index contributed by atoms with van der Waals surface area (Å²) >= 11 is 0. The summed E-state index contributed by atoms with van der Waals surface area (Å²) in [5.41, 5.74) is 2.35. The number of aromatic nitrogens is 2. The smallest absolute Gasteiger partial charge is 0.109 e. The molecular formula is C15H21N3. The first kappa shape index (κ1) is 11.7. The van der Waals surface area contributed by atoms with Crippen molar-refractivity contribution < 1.29 is 0 Å². The third kappa shape index (κ3) is 2.56. The molecule has 1 N–H and O–H groups in total. The van der Waals surface area contributed by atoms with Crippen LogP contribution in [0.4, 0.5) is 0 Å². The fourth-order valence-corrected chi connectivity index (χ4v) is 2.42. The van der Waals surface area contributed by atoms with E-state index in [-0.39, 0.29) is 0 Å². The fourth-order valence-electron chi connectivity index (χ4n) is 2.42. The molecule has 0 atom stereocenters. The third-order valence-electron chi connectivity index (χ3n) is 3.76. The maximum atomic E-state index is 4.69. The number of hydrogen-bond acceptors (Lipinski definition) is 2. The maximum absolute atomic E-state index is 4.69. The van der Waals surface area contributed by atoms with Crippen molar-refractivity contribution >= 4 is 11.0 Å². The molecule has 0 saturated heterocycles. The lowest BCUT2D eigenvalue weighted by Gasteiger charge is -2.04. The first-order valence-electron chi connectivity index (χ1n) is 6.95. The van der Waals surface area contributed by atoms with Gasteiger partial charge in [0.05, 0.1) is 11.0 Å². The Morgan fingerprint density at radius 3 is 2.94 bits per heavy atom. The molecule has 1 aromatic heterocycles. The average molecular weight is 243 g/mol. The molecule has 0 spiro atoms. The lowest BCUT2D eigenvalue weighted by Crippen LogP contribution is -2.18. The molecule has 1 aromatic carbocycles. The van der Waals surface area contributed by atoms with Crippen LogP contribution in [-0.2, 0) is 13.5 Å². The van der Waals surface area contributed by atoms with Crippen LogP contribution in [0.5, 0.6) is 0 Å². The highest BCUT2D eigenvalue weighted by atomic mass is 15.1. The van der Waals surface area contributed by atoms with Gasteiger partial charge in [-0.2, -0.15) is 0 Å². The van der Waals surface area contributed by atoms with Crippen LogP contribution in [-0.4, -0.2) is 22.6 Å². The molecule has 3 heteroatoms. The van der Waals surface area contributed by atoms with Gasteiger partial charge in [0.15, 0.2) is 0 Å². The topological polar surface area (TPSA) is 29.9 Å². The first-order valence-corrected chi connectivity index (χ1v) is 6.95. The minimum atomic E-state index is 0.973. The predicted molar refractivity (Wildman–Crippen MR) is 74.6 cm³/mol. The SMILES string of the molecule is Cn1c(CCCNCC2CC2)nc2ccccc21. The van der Waals surface area contributed by atoms with Crippen molar-refractivity contribution in [2.45, 2.75) is 25.7 Å². The van der Waals surface area contributed by atoms with E-state index in [9.17, 15) is 0 Å². The number of nitrogens with one attached hydrogen (secondary N) is 1. The van der Waals surface area contributed by atoms with Gasteiger partial charge in [0.25, 0.3) is 0 Å². The molecule has 18 heavy (non-hydrogen) atoms. The summed E-state index contributed by atoms with van der Waals surface area (Å²) in [7, 11) is 2.11. The number of fused-ring (bicyclic) bond motifs is 1. The van der Waals surface area contributed by atoms with Gasteiger partial charge in [-0.05, 0) is 50.4 Å². The molecule has 2 aromatic rings. The monoisotopic (exact) mass is 243 g/mol. The molecule has 1 saturated carbocycles. The summed E-state index contributed by atoms with van der Waals surface area (Å²) in [6.45, 7) is 2.32. The number of nitrogens with zero attached hydrogens (tertiary/aromatic N) is 2. The second-order valence-electron chi connectivity index (χ2n) is 5.33. The van der Waals surface area contributed by atoms with E-state index in [2.05, 4.69) is 41.2 Å². The van der Waals surface area contributed by atoms with E-state index in [1.807, 2.05) is 0 Å². The highest BCUT2D eigenvalue weighted by Crippen LogP contribution is 2.27. The molecule has 0 radical (unpaired) electrons. The number of hydrogen-bond donors (Lipinski definition) is 1. The van der Waals surface area contributed by atoms with E-state index in [0.29, 0.717) is 0 Å².